The molecule has 0 saturated carbocycles. The molecule has 4 N–H and O–H groups in total. The molecular weight excluding hydrogens is 184 g/mol. The quantitative estimate of drug-likeness (QED) is 0.594. The van der Waals surface area contributed by atoms with Gasteiger partial charge in [0.2, 0.25) is 11.3 Å². The molecule has 0 aliphatic heterocycles. The van der Waals surface area contributed by atoms with Crippen LogP contribution in [0.5, 0.6) is 0 Å². The van der Waals surface area contributed by atoms with Gasteiger partial charge in [-0.25, -0.2) is 0 Å². The van der Waals surface area contributed by atoms with Gasteiger partial charge >= 0.3 is 0 Å². The van der Waals surface area contributed by atoms with Crippen LogP contribution in [0.25, 0.3) is 0 Å². The third-order valence-corrected chi connectivity index (χ3v) is 1.99. The largest absolute Gasteiger partial charge is 0.370 e. The van der Waals surface area contributed by atoms with E-state index < -0.39 is 23.1 Å². The predicted molar refractivity (Wildman–Crippen MR) is 45.8 cm³/mol. The summed E-state index contributed by atoms with van der Waals surface area (Å²) in [7, 11) is 0. The Balaban J connectivity index is 5.05. The molecule has 0 aliphatic carbocycles. The highest BCUT2D eigenvalue weighted by atomic mass is 16.1. The van der Waals surface area contributed by atoms with Crippen molar-refractivity contribution in [3.8, 4) is 12.1 Å². The number of carbonyl (C=O) groups is 2. The average molecular weight is 194 g/mol. The van der Waals surface area contributed by atoms with Crippen molar-refractivity contribution in [3.63, 3.8) is 0 Å². The molecule has 2 amide bonds. The second-order valence-corrected chi connectivity index (χ2v) is 2.97. The summed E-state index contributed by atoms with van der Waals surface area (Å²) in [6.07, 6.45) is -0.232. The molecule has 14 heavy (non-hydrogen) atoms. The van der Waals surface area contributed by atoms with Crippen LogP contribution in [0.3, 0.4) is 0 Å². The fourth-order valence-corrected chi connectivity index (χ4v) is 1.05. The zero-order valence-corrected chi connectivity index (χ0v) is 7.65. The smallest absolute Gasteiger partial charge is 0.252 e. The van der Waals surface area contributed by atoms with Crippen molar-refractivity contribution in [1.29, 1.82) is 10.5 Å². The summed E-state index contributed by atoms with van der Waals surface area (Å²) in [6.45, 7) is 1.40. The second kappa shape index (κ2) is 4.24. The fraction of sp³-hybridized carbons (Fsp3) is 0.500. The number of nitriles is 2. The van der Waals surface area contributed by atoms with Gasteiger partial charge in [0.15, 0.2) is 0 Å². The van der Waals surface area contributed by atoms with E-state index in [0.717, 1.165) is 0 Å². The number of nitrogens with zero attached hydrogens (tertiary/aromatic N) is 2. The predicted octanol–water partition coefficient (Wildman–Crippen LogP) is -0.983. The minimum Gasteiger partial charge on any atom is -0.370 e. The van der Waals surface area contributed by atoms with Crippen LogP contribution in [0.2, 0.25) is 0 Å². The lowest BCUT2D eigenvalue weighted by molar-refractivity contribution is -0.125. The Morgan fingerprint density at radius 1 is 1.36 bits per heavy atom. The van der Waals surface area contributed by atoms with E-state index in [0.29, 0.717) is 0 Å². The van der Waals surface area contributed by atoms with Crippen LogP contribution in [0.1, 0.15) is 13.3 Å². The van der Waals surface area contributed by atoms with Crippen molar-refractivity contribution >= 4 is 11.8 Å². The van der Waals surface area contributed by atoms with Crippen LogP contribution in [0.15, 0.2) is 0 Å². The van der Waals surface area contributed by atoms with E-state index in [-0.39, 0.29) is 6.42 Å². The van der Waals surface area contributed by atoms with Crippen LogP contribution in [0.4, 0.5) is 0 Å². The summed E-state index contributed by atoms with van der Waals surface area (Å²) < 4.78 is 0. The first-order chi connectivity index (χ1) is 6.40. The van der Waals surface area contributed by atoms with Gasteiger partial charge in [-0.3, -0.25) is 9.59 Å². The molecule has 1 atom stereocenters. The van der Waals surface area contributed by atoms with E-state index in [4.69, 9.17) is 22.0 Å². The Hall–Kier alpha value is -2.08. The fourth-order valence-electron chi connectivity index (χ4n) is 1.05. The average Bonchev–Trinajstić information content (AvgIpc) is 2.05. The Bertz CT molecular complexity index is 322. The van der Waals surface area contributed by atoms with Gasteiger partial charge in [-0.2, -0.15) is 10.5 Å². The summed E-state index contributed by atoms with van der Waals surface area (Å²) in [6, 6.07) is 3.05. The highest BCUT2D eigenvalue weighted by molar-refractivity contribution is 5.88. The van der Waals surface area contributed by atoms with Gasteiger partial charge < -0.3 is 11.5 Å². The second-order valence-electron chi connectivity index (χ2n) is 2.97. The van der Waals surface area contributed by atoms with Crippen LogP contribution in [-0.2, 0) is 9.59 Å². The van der Waals surface area contributed by atoms with Crippen molar-refractivity contribution in [2.75, 3.05) is 0 Å². The number of nitrogens with two attached hydrogens (primary N) is 2. The van der Waals surface area contributed by atoms with Crippen LogP contribution >= 0.6 is 0 Å². The molecule has 6 nitrogen and oxygen atoms in total. The van der Waals surface area contributed by atoms with Crippen molar-refractivity contribution in [2.24, 2.45) is 22.8 Å². The zero-order chi connectivity index (χ0) is 11.4. The highest BCUT2D eigenvalue weighted by Gasteiger charge is 2.43. The molecule has 0 spiro atoms. The van der Waals surface area contributed by atoms with Crippen molar-refractivity contribution in [2.45, 2.75) is 13.3 Å². The van der Waals surface area contributed by atoms with E-state index >= 15 is 0 Å². The van der Waals surface area contributed by atoms with Gasteiger partial charge in [0.1, 0.15) is 0 Å². The van der Waals surface area contributed by atoms with Gasteiger partial charge in [-0.15, -0.1) is 0 Å². The minimum absolute atomic E-state index is 0.232. The van der Waals surface area contributed by atoms with E-state index in [1.54, 1.807) is 0 Å². The van der Waals surface area contributed by atoms with Gasteiger partial charge in [0.25, 0.3) is 5.91 Å². The van der Waals surface area contributed by atoms with Crippen LogP contribution < -0.4 is 11.5 Å². The van der Waals surface area contributed by atoms with Crippen LogP contribution in [0, 0.1) is 34.0 Å². The normalized spacial score (nSPS) is 12.2. The van der Waals surface area contributed by atoms with E-state index in [9.17, 15) is 9.59 Å². The molecule has 0 saturated heterocycles. The Morgan fingerprint density at radius 2 is 1.79 bits per heavy atom. The summed E-state index contributed by atoms with van der Waals surface area (Å²) >= 11 is 0. The van der Waals surface area contributed by atoms with E-state index in [2.05, 4.69) is 0 Å². The Labute approximate surface area is 81.1 Å². The lowest BCUT2D eigenvalue weighted by Gasteiger charge is -2.20. The number of hydrogen-bond acceptors (Lipinski definition) is 4. The van der Waals surface area contributed by atoms with Crippen LogP contribution in [-0.4, -0.2) is 11.8 Å². The first-order valence-electron chi connectivity index (χ1n) is 3.81. The first-order valence-corrected chi connectivity index (χ1v) is 3.81. The Kier molecular flexibility index (Phi) is 3.61. The molecule has 0 aromatic carbocycles. The third-order valence-electron chi connectivity index (χ3n) is 1.99. The maximum absolute atomic E-state index is 10.9. The lowest BCUT2D eigenvalue weighted by atomic mass is 9.76. The molecule has 0 aromatic rings. The zero-order valence-electron chi connectivity index (χ0n) is 7.65. The molecule has 1 unspecified atom stereocenters. The van der Waals surface area contributed by atoms with E-state index in [1.807, 2.05) is 0 Å². The topological polar surface area (TPSA) is 134 Å². The minimum atomic E-state index is -1.98. The number of carbonyl (C=O) groups excluding carboxylic acids is 2. The van der Waals surface area contributed by atoms with Crippen molar-refractivity contribution < 1.29 is 9.59 Å². The molecule has 0 heterocycles. The first kappa shape index (κ1) is 11.9. The SMILES string of the molecule is CC(CC(N)=O)C(C#N)(C#N)C(N)=O. The van der Waals surface area contributed by atoms with Gasteiger partial charge in [0.05, 0.1) is 12.1 Å². The number of amides is 2. The van der Waals surface area contributed by atoms with Gasteiger partial charge in [-0.1, -0.05) is 6.92 Å². The monoisotopic (exact) mass is 194 g/mol. The maximum Gasteiger partial charge on any atom is 0.252 e. The molecule has 6 heteroatoms. The molecule has 0 aromatic heterocycles. The number of primary amides is 2. The van der Waals surface area contributed by atoms with Crippen molar-refractivity contribution in [1.82, 2.24) is 0 Å². The number of rotatable bonds is 4. The number of hydrogen-bond donors (Lipinski definition) is 2. The van der Waals surface area contributed by atoms with Crippen molar-refractivity contribution in [3.05, 3.63) is 0 Å². The molecule has 74 valence electrons. The highest BCUT2D eigenvalue weighted by Crippen LogP contribution is 2.28. The molecule has 0 rings (SSSR count). The van der Waals surface area contributed by atoms with Gasteiger partial charge in [-0.05, 0) is 0 Å². The molecule has 0 bridgehead atoms. The molecular formula is C8H10N4O2. The molecule has 0 radical (unpaired) electrons. The summed E-state index contributed by atoms with van der Waals surface area (Å²) in [4.78, 5) is 21.5. The third kappa shape index (κ3) is 1.99. The van der Waals surface area contributed by atoms with Gasteiger partial charge in [0, 0.05) is 12.3 Å². The van der Waals surface area contributed by atoms with E-state index in [1.165, 1.54) is 19.1 Å². The summed E-state index contributed by atoms with van der Waals surface area (Å²) in [5.74, 6) is -2.56. The molecule has 0 fully saturated rings. The lowest BCUT2D eigenvalue weighted by Crippen LogP contribution is -2.41. The summed E-state index contributed by atoms with van der Waals surface area (Å²) in [5.41, 5.74) is 7.85. The molecule has 0 aliphatic rings. The standard InChI is InChI=1S/C8H10N4O2/c1-5(2-6(11)13)8(3-9,4-10)7(12)14/h5H,2H2,1H3,(H2,11,13)(H2,12,14). The summed E-state index contributed by atoms with van der Waals surface area (Å²) in [5, 5.41) is 17.4. The maximum atomic E-state index is 10.9. The Morgan fingerprint density at radius 3 is 2.00 bits per heavy atom.